The molecular weight excluding hydrogens is 661 g/mol. The molecule has 0 aliphatic rings. The van der Waals surface area contributed by atoms with E-state index >= 15 is 0 Å². The van der Waals surface area contributed by atoms with Crippen LogP contribution < -0.4 is 10.6 Å². The monoisotopic (exact) mass is 712 g/mol. The zero-order valence-electron chi connectivity index (χ0n) is 27.6. The molecule has 0 radical (unpaired) electrons. The lowest BCUT2D eigenvalue weighted by atomic mass is 10.2. The second-order valence-corrected chi connectivity index (χ2v) is 12.9. The van der Waals surface area contributed by atoms with Gasteiger partial charge in [-0.3, -0.25) is 0 Å². The second kappa shape index (κ2) is 33.7. The van der Waals surface area contributed by atoms with Crippen LogP contribution in [0.25, 0.3) is 0 Å². The minimum atomic E-state index is -1.82. The Morgan fingerprint density at radius 1 is 0.479 bits per heavy atom. The number of nitrogens with one attached hydrogen (secondary N) is 2. The first-order chi connectivity index (χ1) is 23.2. The topological polar surface area (TPSA) is 192 Å². The lowest BCUT2D eigenvalue weighted by Gasteiger charge is -2.07. The first-order valence-corrected chi connectivity index (χ1v) is 18.5. The molecule has 6 N–H and O–H groups in total. The van der Waals surface area contributed by atoms with E-state index in [1.807, 2.05) is 21.6 Å². The van der Waals surface area contributed by atoms with Crippen LogP contribution in [0.2, 0.25) is 0 Å². The first-order valence-electron chi connectivity index (χ1n) is 16.1. The Kier molecular flexibility index (Phi) is 31.5. The van der Waals surface area contributed by atoms with Crippen molar-refractivity contribution >= 4 is 45.5 Å². The van der Waals surface area contributed by atoms with Gasteiger partial charge in [-0.25, -0.2) is 19.2 Å². The summed E-state index contributed by atoms with van der Waals surface area (Å²) in [6.45, 7) is 7.65. The van der Waals surface area contributed by atoms with Crippen molar-refractivity contribution in [1.29, 1.82) is 0 Å². The molecule has 0 aliphatic heterocycles. The number of ether oxygens (including phenoxy) is 2. The molecule has 12 nitrogen and oxygen atoms in total. The lowest BCUT2D eigenvalue weighted by molar-refractivity contribution is -0.159. The van der Waals surface area contributed by atoms with Gasteiger partial charge in [0.15, 0.2) is 0 Å². The number of carboxylic acid groups (broad SMARTS) is 4. The van der Waals surface area contributed by atoms with E-state index in [2.05, 4.69) is 71.3 Å². The maximum atomic E-state index is 9.10. The normalized spacial score (nSPS) is 10.2. The highest BCUT2D eigenvalue weighted by molar-refractivity contribution is 8.76. The summed E-state index contributed by atoms with van der Waals surface area (Å²) in [6, 6.07) is 21.2. The van der Waals surface area contributed by atoms with Crippen molar-refractivity contribution in [2.75, 3.05) is 51.0 Å². The number of rotatable bonds is 25. The molecule has 14 heteroatoms. The van der Waals surface area contributed by atoms with Crippen LogP contribution in [0, 0.1) is 0 Å². The van der Waals surface area contributed by atoms with E-state index in [4.69, 9.17) is 49.1 Å². The van der Waals surface area contributed by atoms with Gasteiger partial charge in [0.1, 0.15) is 0 Å². The minimum Gasteiger partial charge on any atom is -0.473 e. The van der Waals surface area contributed by atoms with Crippen LogP contribution in [-0.4, -0.2) is 95.3 Å². The van der Waals surface area contributed by atoms with Crippen LogP contribution in [0.3, 0.4) is 0 Å². The molecule has 0 saturated heterocycles. The predicted molar refractivity (Wildman–Crippen MR) is 190 cm³/mol. The molecule has 2 aromatic rings. The summed E-state index contributed by atoms with van der Waals surface area (Å²) in [5.74, 6) is -5.17. The van der Waals surface area contributed by atoms with E-state index < -0.39 is 23.9 Å². The standard InChI is InChI=1S/C30H48N2O2S2.2C2H2O4/c1(11-19-31-27-29-15-7-5-8-16-29)3-13-21-33-23-25-35-36-26-24-34-22-14-4-2-12-20-32-28-30-17-9-6-10-18-30;2*3-1(4)2(5)6/h5-10,15-18,31-32H,1-4,11-14,19-28H2;2*(H,3,4)(H,5,6). The van der Waals surface area contributed by atoms with Gasteiger partial charge >= 0.3 is 23.9 Å². The Bertz CT molecular complexity index is 973. The predicted octanol–water partition coefficient (Wildman–Crippen LogP) is 5.41. The second-order valence-electron chi connectivity index (χ2n) is 10.2. The summed E-state index contributed by atoms with van der Waals surface area (Å²) in [5, 5.41) is 36.6. The number of carboxylic acids is 4. The highest BCUT2D eigenvalue weighted by Gasteiger charge is 2.04. The fraction of sp³-hybridized carbons (Fsp3) is 0.529. The smallest absolute Gasteiger partial charge is 0.414 e. The van der Waals surface area contributed by atoms with E-state index in [1.165, 1.54) is 62.5 Å². The summed E-state index contributed by atoms with van der Waals surface area (Å²) in [6.07, 6.45) is 9.92. The summed E-state index contributed by atoms with van der Waals surface area (Å²) < 4.78 is 11.5. The largest absolute Gasteiger partial charge is 0.473 e. The quantitative estimate of drug-likeness (QED) is 0.0435. The third kappa shape index (κ3) is 32.8. The van der Waals surface area contributed by atoms with Gasteiger partial charge in [-0.15, -0.1) is 0 Å². The maximum Gasteiger partial charge on any atom is 0.414 e. The fourth-order valence-electron chi connectivity index (χ4n) is 3.78. The molecule has 0 spiro atoms. The summed E-state index contributed by atoms with van der Waals surface area (Å²) in [4.78, 5) is 36.4. The summed E-state index contributed by atoms with van der Waals surface area (Å²) >= 11 is 0. The number of hydrogen-bond donors (Lipinski definition) is 6. The molecule has 2 rings (SSSR count). The Balaban J connectivity index is 0.00000156. The SMILES string of the molecule is O=C(O)C(=O)O.O=C(O)C(=O)O.c1ccc(CNCCCCCCOCCSSCCOCCCCCCNCc2ccccc2)cc1. The van der Waals surface area contributed by atoms with Gasteiger partial charge in [-0.2, -0.15) is 0 Å². The summed E-state index contributed by atoms with van der Waals surface area (Å²) in [5.41, 5.74) is 2.72. The number of unbranched alkanes of at least 4 members (excludes halogenated alkanes) is 6. The Labute approximate surface area is 291 Å². The third-order valence-corrected chi connectivity index (χ3v) is 8.53. The maximum absolute atomic E-state index is 9.10. The molecular formula is C34H52N2O10S2. The van der Waals surface area contributed by atoms with Gasteiger partial charge in [0.25, 0.3) is 0 Å². The summed E-state index contributed by atoms with van der Waals surface area (Å²) in [7, 11) is 3.81. The molecule has 0 bridgehead atoms. The molecule has 0 fully saturated rings. The van der Waals surface area contributed by atoms with E-state index in [0.717, 1.165) is 64.1 Å². The highest BCUT2D eigenvalue weighted by Crippen LogP contribution is 2.20. The first kappa shape index (κ1) is 44.9. The van der Waals surface area contributed by atoms with E-state index in [-0.39, 0.29) is 0 Å². The van der Waals surface area contributed by atoms with Crippen molar-refractivity contribution in [3.63, 3.8) is 0 Å². The Morgan fingerprint density at radius 2 is 0.812 bits per heavy atom. The van der Waals surface area contributed by atoms with Crippen molar-refractivity contribution < 1.29 is 49.1 Å². The molecule has 0 saturated carbocycles. The average Bonchev–Trinajstić information content (AvgIpc) is 3.08. The molecule has 0 amide bonds. The number of aliphatic carboxylic acids is 4. The van der Waals surface area contributed by atoms with Crippen LogP contribution in [-0.2, 0) is 41.7 Å². The molecule has 270 valence electrons. The molecule has 0 unspecified atom stereocenters. The number of benzene rings is 2. The molecule has 0 heterocycles. The molecule has 0 aromatic heterocycles. The van der Waals surface area contributed by atoms with Gasteiger partial charge in [0.05, 0.1) is 13.2 Å². The van der Waals surface area contributed by atoms with Crippen LogP contribution in [0.4, 0.5) is 0 Å². The van der Waals surface area contributed by atoms with E-state index in [1.54, 1.807) is 0 Å². The van der Waals surface area contributed by atoms with E-state index in [0.29, 0.717) is 0 Å². The molecule has 2 aromatic carbocycles. The van der Waals surface area contributed by atoms with Crippen LogP contribution in [0.15, 0.2) is 60.7 Å². The molecule has 0 atom stereocenters. The van der Waals surface area contributed by atoms with Gasteiger partial charge in [0, 0.05) is 37.8 Å². The van der Waals surface area contributed by atoms with Crippen LogP contribution in [0.1, 0.15) is 62.5 Å². The van der Waals surface area contributed by atoms with Crippen LogP contribution in [0.5, 0.6) is 0 Å². The van der Waals surface area contributed by atoms with E-state index in [9.17, 15) is 0 Å². The number of hydrogen-bond acceptors (Lipinski definition) is 10. The third-order valence-electron chi connectivity index (χ3n) is 6.20. The zero-order chi connectivity index (χ0) is 35.5. The molecule has 48 heavy (non-hydrogen) atoms. The Morgan fingerprint density at radius 3 is 1.15 bits per heavy atom. The van der Waals surface area contributed by atoms with Crippen molar-refractivity contribution in [3.05, 3.63) is 71.8 Å². The highest BCUT2D eigenvalue weighted by atomic mass is 33.1. The fourth-order valence-corrected chi connectivity index (χ4v) is 5.50. The van der Waals surface area contributed by atoms with Crippen molar-refractivity contribution in [2.45, 2.75) is 64.5 Å². The lowest BCUT2D eigenvalue weighted by Crippen LogP contribution is -2.14. The van der Waals surface area contributed by atoms with Crippen molar-refractivity contribution in [2.24, 2.45) is 0 Å². The average molecular weight is 713 g/mol. The Hall–Kier alpha value is -3.14. The van der Waals surface area contributed by atoms with Gasteiger partial charge < -0.3 is 40.5 Å². The minimum absolute atomic E-state index is 0.858. The van der Waals surface area contributed by atoms with Crippen LogP contribution >= 0.6 is 21.6 Å². The zero-order valence-corrected chi connectivity index (χ0v) is 29.2. The number of carbonyl (C=O) groups is 4. The van der Waals surface area contributed by atoms with Gasteiger partial charge in [0.2, 0.25) is 0 Å². The van der Waals surface area contributed by atoms with Crippen molar-refractivity contribution in [3.8, 4) is 0 Å². The van der Waals surface area contributed by atoms with Crippen molar-refractivity contribution in [1.82, 2.24) is 10.6 Å². The van der Waals surface area contributed by atoms with Gasteiger partial charge in [-0.05, 0) is 49.9 Å². The molecule has 0 aliphatic carbocycles. The van der Waals surface area contributed by atoms with Gasteiger partial charge in [-0.1, -0.05) is 108 Å².